The van der Waals surface area contributed by atoms with Gasteiger partial charge in [0.1, 0.15) is 17.8 Å². The Balaban J connectivity index is 2.03. The zero-order valence-corrected chi connectivity index (χ0v) is 17.6. The third kappa shape index (κ3) is 5.76. The molecule has 0 saturated heterocycles. The van der Waals surface area contributed by atoms with E-state index in [1.807, 2.05) is 12.1 Å². The number of methoxy groups -OCH3 is 1. The van der Waals surface area contributed by atoms with Gasteiger partial charge < -0.3 is 9.47 Å². The molecule has 0 fully saturated rings. The van der Waals surface area contributed by atoms with Crippen LogP contribution in [0.15, 0.2) is 35.6 Å². The lowest BCUT2D eigenvalue weighted by molar-refractivity contribution is -0.385. The average Bonchev–Trinajstić information content (AvgIpc) is 2.61. The van der Waals surface area contributed by atoms with Crippen LogP contribution in [0.4, 0.5) is 11.5 Å². The van der Waals surface area contributed by atoms with E-state index in [0.29, 0.717) is 11.6 Å². The number of esters is 1. The molecule has 0 amide bonds. The minimum atomic E-state index is -0.520. The molecule has 1 aromatic heterocycles. The number of pyridine rings is 1. The van der Waals surface area contributed by atoms with E-state index >= 15 is 0 Å². The molecule has 0 aliphatic rings. The zero-order chi connectivity index (χ0) is 19.1. The quantitative estimate of drug-likeness (QED) is 0.175. The Morgan fingerprint density at radius 3 is 2.62 bits per heavy atom. The number of rotatable bonds is 7. The molecule has 1 N–H and O–H groups in total. The summed E-state index contributed by atoms with van der Waals surface area (Å²) >= 11 is 4.21. The maximum absolute atomic E-state index is 11.2. The summed E-state index contributed by atoms with van der Waals surface area (Å²) in [5.74, 6) is 0.523. The van der Waals surface area contributed by atoms with Crippen molar-refractivity contribution in [1.29, 1.82) is 0 Å². The van der Waals surface area contributed by atoms with Crippen LogP contribution >= 0.6 is 45.2 Å². The van der Waals surface area contributed by atoms with Crippen molar-refractivity contribution in [3.63, 3.8) is 0 Å². The molecule has 0 aliphatic carbocycles. The topological polar surface area (TPSA) is 116 Å². The minimum absolute atomic E-state index is 0.0915. The lowest BCUT2D eigenvalue weighted by atomic mass is 10.2. The van der Waals surface area contributed by atoms with Gasteiger partial charge in [-0.15, -0.1) is 0 Å². The Morgan fingerprint density at radius 1 is 1.38 bits per heavy atom. The second kappa shape index (κ2) is 9.61. The standard InChI is InChI=1S/C15H12I2N4O5/c1-25-14(22)8-26-15-11(16)4-9(5-12(15)17)6-19-20-13-3-2-10(7-18-13)21(23)24/h2-7H,8H2,1H3,(H,18,20)/b19-6+. The van der Waals surface area contributed by atoms with E-state index in [-0.39, 0.29) is 12.3 Å². The SMILES string of the molecule is COC(=O)COc1c(I)cc(/C=N/Nc2ccc([N+](=O)[O-])cn2)cc1I. The number of ether oxygens (including phenoxy) is 2. The fourth-order valence-corrected chi connectivity index (χ4v) is 3.84. The Morgan fingerprint density at radius 2 is 2.08 bits per heavy atom. The lowest BCUT2D eigenvalue weighted by Gasteiger charge is -2.10. The molecule has 26 heavy (non-hydrogen) atoms. The third-order valence-electron chi connectivity index (χ3n) is 2.93. The number of carbonyl (C=O) groups excluding carboxylic acids is 1. The predicted molar refractivity (Wildman–Crippen MR) is 111 cm³/mol. The summed E-state index contributed by atoms with van der Waals surface area (Å²) in [7, 11) is 1.30. The van der Waals surface area contributed by atoms with Crippen LogP contribution in [0.25, 0.3) is 0 Å². The molecule has 0 bridgehead atoms. The molecule has 2 aromatic rings. The first-order valence-corrected chi connectivity index (χ1v) is 9.14. The molecule has 136 valence electrons. The van der Waals surface area contributed by atoms with Gasteiger partial charge in [0.05, 0.1) is 25.4 Å². The fourth-order valence-electron chi connectivity index (χ4n) is 1.72. The first kappa shape index (κ1) is 20.3. The van der Waals surface area contributed by atoms with Crippen LogP contribution < -0.4 is 10.2 Å². The Bertz CT molecular complexity index is 819. The van der Waals surface area contributed by atoms with Crippen LogP contribution in [-0.2, 0) is 9.53 Å². The van der Waals surface area contributed by atoms with Crippen molar-refractivity contribution in [2.45, 2.75) is 0 Å². The highest BCUT2D eigenvalue weighted by molar-refractivity contribution is 14.1. The van der Waals surface area contributed by atoms with Crippen LogP contribution in [0.1, 0.15) is 5.56 Å². The first-order chi connectivity index (χ1) is 12.4. The van der Waals surface area contributed by atoms with Gasteiger partial charge in [-0.05, 0) is 68.9 Å². The van der Waals surface area contributed by atoms with Gasteiger partial charge >= 0.3 is 5.97 Å². The number of hydrogen-bond donors (Lipinski definition) is 1. The van der Waals surface area contributed by atoms with Gasteiger partial charge in [-0.25, -0.2) is 9.78 Å². The van der Waals surface area contributed by atoms with Crippen molar-refractivity contribution in [2.24, 2.45) is 5.10 Å². The average molecular weight is 582 g/mol. The summed E-state index contributed by atoms with van der Waals surface area (Å²) in [6.07, 6.45) is 2.73. The van der Waals surface area contributed by atoms with Gasteiger partial charge in [0, 0.05) is 6.07 Å². The Kier molecular flexibility index (Phi) is 7.50. The molecular weight excluding hydrogens is 570 g/mol. The number of hydrogen-bond acceptors (Lipinski definition) is 8. The minimum Gasteiger partial charge on any atom is -0.480 e. The van der Waals surface area contributed by atoms with Crippen LogP contribution in [0.5, 0.6) is 5.75 Å². The molecule has 0 spiro atoms. The second-order valence-electron chi connectivity index (χ2n) is 4.71. The van der Waals surface area contributed by atoms with E-state index in [0.717, 1.165) is 18.9 Å². The maximum Gasteiger partial charge on any atom is 0.343 e. The second-order valence-corrected chi connectivity index (χ2v) is 7.03. The molecule has 0 unspecified atom stereocenters. The zero-order valence-electron chi connectivity index (χ0n) is 13.3. The van der Waals surface area contributed by atoms with Gasteiger partial charge in [0.15, 0.2) is 6.61 Å². The van der Waals surface area contributed by atoms with E-state index in [2.05, 4.69) is 65.4 Å². The molecule has 0 aliphatic heterocycles. The number of carbonyl (C=O) groups is 1. The lowest BCUT2D eigenvalue weighted by Crippen LogP contribution is -2.13. The monoisotopic (exact) mass is 582 g/mol. The van der Waals surface area contributed by atoms with E-state index in [9.17, 15) is 14.9 Å². The van der Waals surface area contributed by atoms with Gasteiger partial charge in [-0.2, -0.15) is 5.10 Å². The number of hydrazone groups is 1. The summed E-state index contributed by atoms with van der Waals surface area (Å²) in [6, 6.07) is 6.48. The molecule has 9 nitrogen and oxygen atoms in total. The van der Waals surface area contributed by atoms with Gasteiger partial charge in [-0.1, -0.05) is 0 Å². The molecular formula is C15H12I2N4O5. The van der Waals surface area contributed by atoms with Crippen molar-refractivity contribution in [3.05, 3.63) is 53.3 Å². The number of nitro groups is 1. The number of nitrogens with zero attached hydrogens (tertiary/aromatic N) is 3. The number of aromatic nitrogens is 1. The highest BCUT2D eigenvalue weighted by Crippen LogP contribution is 2.28. The van der Waals surface area contributed by atoms with Crippen LogP contribution in [0.2, 0.25) is 0 Å². The number of anilines is 1. The van der Waals surface area contributed by atoms with Gasteiger partial charge in [0.2, 0.25) is 0 Å². The summed E-state index contributed by atoms with van der Waals surface area (Å²) in [5.41, 5.74) is 3.41. The van der Waals surface area contributed by atoms with Crippen molar-refractivity contribution in [3.8, 4) is 5.75 Å². The first-order valence-electron chi connectivity index (χ1n) is 6.99. The van der Waals surface area contributed by atoms with Crippen LogP contribution in [-0.4, -0.2) is 35.8 Å². The number of nitrogens with one attached hydrogen (secondary N) is 1. The van der Waals surface area contributed by atoms with Gasteiger partial charge in [0.25, 0.3) is 5.69 Å². The maximum atomic E-state index is 11.2. The fraction of sp³-hybridized carbons (Fsp3) is 0.133. The molecule has 1 aromatic carbocycles. The molecule has 2 rings (SSSR count). The summed E-state index contributed by atoms with van der Waals surface area (Å²) < 4.78 is 11.6. The van der Waals surface area contributed by atoms with Crippen molar-refractivity contribution < 1.29 is 19.2 Å². The normalized spacial score (nSPS) is 10.6. The van der Waals surface area contributed by atoms with Crippen molar-refractivity contribution in [1.82, 2.24) is 4.98 Å². The predicted octanol–water partition coefficient (Wildman–Crippen LogP) is 3.20. The van der Waals surface area contributed by atoms with Gasteiger partial charge in [-0.3, -0.25) is 15.5 Å². The third-order valence-corrected chi connectivity index (χ3v) is 4.54. The van der Waals surface area contributed by atoms with E-state index in [1.54, 1.807) is 6.21 Å². The van der Waals surface area contributed by atoms with E-state index < -0.39 is 10.9 Å². The van der Waals surface area contributed by atoms with Crippen LogP contribution in [0, 0.1) is 17.3 Å². The highest BCUT2D eigenvalue weighted by atomic mass is 127. The van der Waals surface area contributed by atoms with E-state index in [1.165, 1.54) is 19.2 Å². The molecule has 0 radical (unpaired) electrons. The Labute approximate surface area is 175 Å². The number of benzene rings is 1. The molecule has 11 heteroatoms. The smallest absolute Gasteiger partial charge is 0.343 e. The largest absolute Gasteiger partial charge is 0.480 e. The summed E-state index contributed by atoms with van der Waals surface area (Å²) in [5, 5.41) is 14.6. The molecule has 0 atom stereocenters. The van der Waals surface area contributed by atoms with Crippen LogP contribution in [0.3, 0.4) is 0 Å². The molecule has 0 saturated carbocycles. The van der Waals surface area contributed by atoms with E-state index in [4.69, 9.17) is 4.74 Å². The Hall–Kier alpha value is -2.03. The number of halogens is 2. The van der Waals surface area contributed by atoms with Crippen molar-refractivity contribution in [2.75, 3.05) is 19.1 Å². The van der Waals surface area contributed by atoms with Crippen molar-refractivity contribution >= 4 is 68.9 Å². The summed E-state index contributed by atoms with van der Waals surface area (Å²) in [6.45, 7) is -0.163. The summed E-state index contributed by atoms with van der Waals surface area (Å²) in [4.78, 5) is 25.1. The molecule has 1 heterocycles. The highest BCUT2D eigenvalue weighted by Gasteiger charge is 2.11.